The van der Waals surface area contributed by atoms with E-state index in [1.165, 1.54) is 0 Å². The van der Waals surface area contributed by atoms with Crippen molar-refractivity contribution in [2.45, 2.75) is 6.04 Å². The van der Waals surface area contributed by atoms with Crippen LogP contribution in [0.5, 0.6) is 0 Å². The monoisotopic (exact) mass is 221 g/mol. The third-order valence-electron chi connectivity index (χ3n) is 2.69. The van der Waals surface area contributed by atoms with Crippen LogP contribution in [0.3, 0.4) is 0 Å². The average Bonchev–Trinajstić information content (AvgIpc) is 3.20. The van der Waals surface area contributed by atoms with Crippen LogP contribution in [-0.4, -0.2) is 12.6 Å². The summed E-state index contributed by atoms with van der Waals surface area (Å²) in [5, 5.41) is 21.2. The largest absolute Gasteiger partial charge is 0.307 e. The number of benzene rings is 1. The molecule has 1 atom stereocenters. The van der Waals surface area contributed by atoms with E-state index in [4.69, 9.17) is 10.5 Å². The first-order valence-electron chi connectivity index (χ1n) is 5.30. The topological polar surface area (TPSA) is 69.5 Å². The summed E-state index contributed by atoms with van der Waals surface area (Å²) in [6.07, 6.45) is 0. The maximum absolute atomic E-state index is 9.02. The van der Waals surface area contributed by atoms with Crippen molar-refractivity contribution >= 4 is 5.57 Å². The van der Waals surface area contributed by atoms with E-state index in [0.717, 1.165) is 17.7 Å². The lowest BCUT2D eigenvalue weighted by atomic mass is 9.93. The van der Waals surface area contributed by atoms with Gasteiger partial charge in [0, 0.05) is 18.2 Å². The Hall–Kier alpha value is -2.36. The Kier molecular flexibility index (Phi) is 3.05. The number of nitriles is 2. The van der Waals surface area contributed by atoms with Gasteiger partial charge in [-0.05, 0) is 11.1 Å². The van der Waals surface area contributed by atoms with Crippen LogP contribution in [0.4, 0.5) is 0 Å². The fourth-order valence-corrected chi connectivity index (χ4v) is 1.71. The molecule has 3 nitrogen and oxygen atoms in total. The minimum absolute atomic E-state index is 0.120. The molecular formula is C14H11N3. The van der Waals surface area contributed by atoms with Crippen molar-refractivity contribution in [3.8, 4) is 12.1 Å². The molecule has 1 saturated heterocycles. The molecule has 3 heteroatoms. The summed E-state index contributed by atoms with van der Waals surface area (Å²) in [4.78, 5) is 0. The van der Waals surface area contributed by atoms with Gasteiger partial charge in [0.1, 0.15) is 17.7 Å². The average molecular weight is 221 g/mol. The Morgan fingerprint density at radius 2 is 1.82 bits per heavy atom. The molecule has 0 bridgehead atoms. The van der Waals surface area contributed by atoms with Gasteiger partial charge in [-0.3, -0.25) is 0 Å². The van der Waals surface area contributed by atoms with E-state index < -0.39 is 0 Å². The van der Waals surface area contributed by atoms with Crippen molar-refractivity contribution in [1.29, 1.82) is 10.5 Å². The highest BCUT2D eigenvalue weighted by atomic mass is 15.1. The lowest BCUT2D eigenvalue weighted by Crippen LogP contribution is -2.01. The van der Waals surface area contributed by atoms with Crippen molar-refractivity contribution in [2.75, 3.05) is 6.54 Å². The molecule has 0 aromatic heterocycles. The summed E-state index contributed by atoms with van der Waals surface area (Å²) in [5.41, 5.74) is 2.46. The highest BCUT2D eigenvalue weighted by Crippen LogP contribution is 2.30. The zero-order valence-electron chi connectivity index (χ0n) is 9.27. The van der Waals surface area contributed by atoms with Crippen LogP contribution in [0.15, 0.2) is 48.1 Å². The van der Waals surface area contributed by atoms with E-state index >= 15 is 0 Å². The molecule has 0 unspecified atom stereocenters. The second-order valence-electron chi connectivity index (χ2n) is 3.83. The highest BCUT2D eigenvalue weighted by Gasteiger charge is 2.28. The zero-order valence-corrected chi connectivity index (χ0v) is 9.27. The lowest BCUT2D eigenvalue weighted by molar-refractivity contribution is 1.16. The number of hydrogen-bond acceptors (Lipinski definition) is 3. The zero-order chi connectivity index (χ0) is 12.3. The molecule has 1 heterocycles. The predicted molar refractivity (Wildman–Crippen MR) is 65.5 cm³/mol. The van der Waals surface area contributed by atoms with Gasteiger partial charge in [-0.25, -0.2) is 0 Å². The van der Waals surface area contributed by atoms with E-state index in [0.29, 0.717) is 5.57 Å². The molecule has 0 aliphatic carbocycles. The summed E-state index contributed by atoms with van der Waals surface area (Å²) >= 11 is 0. The van der Waals surface area contributed by atoms with Gasteiger partial charge in [0.25, 0.3) is 0 Å². The van der Waals surface area contributed by atoms with Gasteiger partial charge in [-0.1, -0.05) is 36.9 Å². The Labute approximate surface area is 100 Å². The Morgan fingerprint density at radius 3 is 2.29 bits per heavy atom. The quantitative estimate of drug-likeness (QED) is 0.482. The fourth-order valence-electron chi connectivity index (χ4n) is 1.71. The first-order chi connectivity index (χ1) is 8.27. The number of nitrogens with zero attached hydrogens (tertiary/aromatic N) is 2. The molecule has 1 aromatic rings. The molecule has 1 N–H and O–H groups in total. The Bertz CT molecular complexity index is 535. The first kappa shape index (κ1) is 11.1. The van der Waals surface area contributed by atoms with Crippen molar-refractivity contribution < 1.29 is 0 Å². The number of nitrogens with one attached hydrogen (secondary N) is 1. The minimum Gasteiger partial charge on any atom is -0.307 e. The maximum Gasteiger partial charge on any atom is 0.137 e. The van der Waals surface area contributed by atoms with Crippen LogP contribution in [0, 0.1) is 22.7 Å². The maximum atomic E-state index is 9.02. The summed E-state index contributed by atoms with van der Waals surface area (Å²) in [5.74, 6) is 0. The van der Waals surface area contributed by atoms with Gasteiger partial charge in [-0.2, -0.15) is 10.5 Å². The molecule has 1 aromatic carbocycles. The number of hydrogen-bond donors (Lipinski definition) is 1. The molecule has 17 heavy (non-hydrogen) atoms. The van der Waals surface area contributed by atoms with Gasteiger partial charge < -0.3 is 5.32 Å². The van der Waals surface area contributed by atoms with Gasteiger partial charge in [0.15, 0.2) is 0 Å². The van der Waals surface area contributed by atoms with Gasteiger partial charge >= 0.3 is 0 Å². The van der Waals surface area contributed by atoms with Crippen molar-refractivity contribution in [3.63, 3.8) is 0 Å². The Balaban J connectivity index is 2.53. The fraction of sp³-hybridized carbons (Fsp3) is 0.143. The van der Waals surface area contributed by atoms with Crippen LogP contribution in [-0.2, 0) is 0 Å². The van der Waals surface area contributed by atoms with E-state index in [2.05, 4.69) is 11.9 Å². The first-order valence-corrected chi connectivity index (χ1v) is 5.30. The smallest absolute Gasteiger partial charge is 0.137 e. The highest BCUT2D eigenvalue weighted by molar-refractivity contribution is 5.87. The van der Waals surface area contributed by atoms with E-state index in [-0.39, 0.29) is 11.6 Å². The summed E-state index contributed by atoms with van der Waals surface area (Å²) in [6.45, 7) is 4.85. The standard InChI is InChI=1S/C14H11N3/c1-10(13-9-17-13)14(12(7-15)8-16)11-5-3-2-4-6-11/h2-6,13,17H,1,9H2/t13-/m1/s1. The van der Waals surface area contributed by atoms with Crippen LogP contribution in [0.1, 0.15) is 5.56 Å². The molecule has 1 aliphatic heterocycles. The molecule has 0 amide bonds. The second-order valence-corrected chi connectivity index (χ2v) is 3.83. The summed E-state index contributed by atoms with van der Waals surface area (Å²) < 4.78 is 0. The minimum atomic E-state index is 0.120. The van der Waals surface area contributed by atoms with Crippen molar-refractivity contribution in [1.82, 2.24) is 5.32 Å². The molecule has 0 spiro atoms. The number of allylic oxidation sites excluding steroid dienone is 1. The van der Waals surface area contributed by atoms with Gasteiger partial charge in [-0.15, -0.1) is 0 Å². The van der Waals surface area contributed by atoms with Crippen LogP contribution < -0.4 is 5.32 Å². The summed E-state index contributed by atoms with van der Waals surface area (Å²) in [7, 11) is 0. The number of rotatable bonds is 3. The third kappa shape index (κ3) is 2.25. The molecule has 0 saturated carbocycles. The van der Waals surface area contributed by atoms with Crippen LogP contribution in [0.25, 0.3) is 5.57 Å². The van der Waals surface area contributed by atoms with Gasteiger partial charge in [0.2, 0.25) is 0 Å². The molecule has 1 aliphatic rings. The lowest BCUT2D eigenvalue weighted by Gasteiger charge is -2.09. The van der Waals surface area contributed by atoms with Crippen molar-refractivity contribution in [2.24, 2.45) is 0 Å². The van der Waals surface area contributed by atoms with Crippen molar-refractivity contribution in [3.05, 3.63) is 53.6 Å². The van der Waals surface area contributed by atoms with E-state index in [1.54, 1.807) is 0 Å². The molecule has 2 rings (SSSR count). The van der Waals surface area contributed by atoms with Crippen LogP contribution in [0.2, 0.25) is 0 Å². The summed E-state index contributed by atoms with van der Waals surface area (Å²) in [6, 6.07) is 13.5. The van der Waals surface area contributed by atoms with E-state index in [9.17, 15) is 0 Å². The second kappa shape index (κ2) is 4.65. The predicted octanol–water partition coefficient (Wildman–Crippen LogP) is 2.02. The molecule has 1 fully saturated rings. The molecular weight excluding hydrogens is 210 g/mol. The normalized spacial score (nSPS) is 16.5. The van der Waals surface area contributed by atoms with Crippen LogP contribution >= 0.6 is 0 Å². The molecule has 82 valence electrons. The molecule has 0 radical (unpaired) electrons. The Morgan fingerprint density at radius 1 is 1.24 bits per heavy atom. The van der Waals surface area contributed by atoms with E-state index in [1.807, 2.05) is 42.5 Å². The third-order valence-corrected chi connectivity index (χ3v) is 2.69. The SMILES string of the molecule is C=C(C(=C(C#N)C#N)c1ccccc1)[C@H]1CN1. The van der Waals surface area contributed by atoms with Gasteiger partial charge in [0.05, 0.1) is 0 Å².